The molecule has 0 fully saturated rings. The van der Waals surface area contributed by atoms with Gasteiger partial charge in [-0.2, -0.15) is 0 Å². The van der Waals surface area contributed by atoms with E-state index in [1.807, 2.05) is 6.07 Å². The summed E-state index contributed by atoms with van der Waals surface area (Å²) in [6, 6.07) is 11.3. The number of nitro groups is 1. The van der Waals surface area contributed by atoms with Crippen LogP contribution in [0.15, 0.2) is 47.4 Å². The molecule has 0 aliphatic carbocycles. The predicted molar refractivity (Wildman–Crippen MR) is 75.2 cm³/mol. The second-order valence-electron chi connectivity index (χ2n) is 3.90. The molecule has 19 heavy (non-hydrogen) atoms. The van der Waals surface area contributed by atoms with Crippen LogP contribution in [0.4, 0.5) is 11.4 Å². The third-order valence-electron chi connectivity index (χ3n) is 2.59. The van der Waals surface area contributed by atoms with Gasteiger partial charge in [-0.25, -0.2) is 0 Å². The van der Waals surface area contributed by atoms with Crippen molar-refractivity contribution in [3.8, 4) is 5.75 Å². The Morgan fingerprint density at radius 3 is 2.68 bits per heavy atom. The van der Waals surface area contributed by atoms with Gasteiger partial charge in [0.05, 0.1) is 4.92 Å². The lowest BCUT2D eigenvalue weighted by molar-refractivity contribution is -0.384. The van der Waals surface area contributed by atoms with Gasteiger partial charge in [-0.3, -0.25) is 10.1 Å². The third-order valence-corrected chi connectivity index (χ3v) is 3.70. The van der Waals surface area contributed by atoms with Gasteiger partial charge in [0, 0.05) is 28.5 Å². The highest BCUT2D eigenvalue weighted by molar-refractivity contribution is 7.98. The SMILES string of the molecule is Nc1ccc([N+](=O)[O-])cc1CSc1ccccc1O. The summed E-state index contributed by atoms with van der Waals surface area (Å²) < 4.78 is 0. The Morgan fingerprint density at radius 2 is 2.00 bits per heavy atom. The standard InChI is InChI=1S/C13H12N2O3S/c14-11-6-5-10(15(17)18)7-9(11)8-19-13-4-2-1-3-12(13)16/h1-7,16H,8,14H2. The molecule has 0 aromatic heterocycles. The number of thioether (sulfide) groups is 1. The van der Waals surface area contributed by atoms with E-state index in [9.17, 15) is 15.2 Å². The topological polar surface area (TPSA) is 89.4 Å². The highest BCUT2D eigenvalue weighted by atomic mass is 32.2. The predicted octanol–water partition coefficient (Wildman–Crippen LogP) is 3.17. The summed E-state index contributed by atoms with van der Waals surface area (Å²) in [5, 5.41) is 20.4. The number of nitrogens with two attached hydrogens (primary N) is 1. The Hall–Kier alpha value is -2.21. The number of anilines is 1. The van der Waals surface area contributed by atoms with Gasteiger partial charge in [0.1, 0.15) is 5.75 Å². The van der Waals surface area contributed by atoms with Gasteiger partial charge in [0.25, 0.3) is 5.69 Å². The van der Waals surface area contributed by atoms with Crippen LogP contribution in [0.25, 0.3) is 0 Å². The molecule has 6 heteroatoms. The molecule has 0 unspecified atom stereocenters. The van der Waals surface area contributed by atoms with E-state index in [4.69, 9.17) is 5.73 Å². The van der Waals surface area contributed by atoms with Crippen molar-refractivity contribution in [2.24, 2.45) is 0 Å². The molecular formula is C13H12N2O3S. The summed E-state index contributed by atoms with van der Waals surface area (Å²) in [6.45, 7) is 0. The van der Waals surface area contributed by atoms with Crippen molar-refractivity contribution in [2.75, 3.05) is 5.73 Å². The minimum absolute atomic E-state index is 0.0158. The monoisotopic (exact) mass is 276 g/mol. The van der Waals surface area contributed by atoms with Crippen LogP contribution in [0.3, 0.4) is 0 Å². The van der Waals surface area contributed by atoms with Gasteiger partial charge >= 0.3 is 0 Å². The molecule has 0 heterocycles. The van der Waals surface area contributed by atoms with Crippen LogP contribution in [0, 0.1) is 10.1 Å². The number of hydrogen-bond acceptors (Lipinski definition) is 5. The van der Waals surface area contributed by atoms with E-state index >= 15 is 0 Å². The molecule has 5 nitrogen and oxygen atoms in total. The summed E-state index contributed by atoms with van der Waals surface area (Å²) in [5.41, 5.74) is 7.00. The van der Waals surface area contributed by atoms with Crippen molar-refractivity contribution in [1.29, 1.82) is 0 Å². The Morgan fingerprint density at radius 1 is 1.26 bits per heavy atom. The molecule has 0 amide bonds. The molecule has 98 valence electrons. The van der Waals surface area contributed by atoms with Crippen LogP contribution < -0.4 is 5.73 Å². The normalized spacial score (nSPS) is 10.3. The average molecular weight is 276 g/mol. The number of non-ortho nitro benzene ring substituents is 1. The molecule has 0 aliphatic heterocycles. The first kappa shape index (κ1) is 13.2. The molecule has 0 radical (unpaired) electrons. The number of aromatic hydroxyl groups is 1. The fraction of sp³-hybridized carbons (Fsp3) is 0.0769. The lowest BCUT2D eigenvalue weighted by Gasteiger charge is -2.06. The van der Waals surface area contributed by atoms with E-state index in [0.29, 0.717) is 21.9 Å². The minimum Gasteiger partial charge on any atom is -0.507 e. The van der Waals surface area contributed by atoms with Crippen molar-refractivity contribution >= 4 is 23.1 Å². The summed E-state index contributed by atoms with van der Waals surface area (Å²) in [5.74, 6) is 0.655. The van der Waals surface area contributed by atoms with Crippen LogP contribution in [0.2, 0.25) is 0 Å². The molecule has 0 aliphatic rings. The number of rotatable bonds is 4. The van der Waals surface area contributed by atoms with Crippen LogP contribution in [0.5, 0.6) is 5.75 Å². The number of nitrogen functional groups attached to an aromatic ring is 1. The largest absolute Gasteiger partial charge is 0.507 e. The fourth-order valence-corrected chi connectivity index (χ4v) is 2.52. The maximum atomic E-state index is 10.7. The van der Waals surface area contributed by atoms with Gasteiger partial charge in [0.15, 0.2) is 0 Å². The van der Waals surface area contributed by atoms with Gasteiger partial charge in [0.2, 0.25) is 0 Å². The number of nitrogens with zero attached hydrogens (tertiary/aromatic N) is 1. The first-order valence-electron chi connectivity index (χ1n) is 5.51. The van der Waals surface area contributed by atoms with Crippen molar-refractivity contribution in [1.82, 2.24) is 0 Å². The smallest absolute Gasteiger partial charge is 0.269 e. The van der Waals surface area contributed by atoms with E-state index in [2.05, 4.69) is 0 Å². The summed E-state index contributed by atoms with van der Waals surface area (Å²) in [6.07, 6.45) is 0. The van der Waals surface area contributed by atoms with Crippen LogP contribution >= 0.6 is 11.8 Å². The first-order chi connectivity index (χ1) is 9.08. The van der Waals surface area contributed by atoms with Crippen LogP contribution in [-0.4, -0.2) is 10.0 Å². The molecule has 0 bridgehead atoms. The number of phenols is 1. The van der Waals surface area contributed by atoms with E-state index < -0.39 is 4.92 Å². The van der Waals surface area contributed by atoms with E-state index in [1.54, 1.807) is 18.2 Å². The molecular weight excluding hydrogens is 264 g/mol. The molecule has 3 N–H and O–H groups in total. The van der Waals surface area contributed by atoms with E-state index in [0.717, 1.165) is 0 Å². The van der Waals surface area contributed by atoms with Crippen molar-refractivity contribution in [2.45, 2.75) is 10.6 Å². The Balaban J connectivity index is 2.17. The minimum atomic E-state index is -0.451. The van der Waals surface area contributed by atoms with E-state index in [-0.39, 0.29) is 11.4 Å². The number of para-hydroxylation sites is 1. The Bertz CT molecular complexity index is 617. The summed E-state index contributed by atoms with van der Waals surface area (Å²) >= 11 is 1.38. The lowest BCUT2D eigenvalue weighted by atomic mass is 10.2. The van der Waals surface area contributed by atoms with Gasteiger partial charge in [-0.05, 0) is 23.8 Å². The molecule has 2 aromatic carbocycles. The molecule has 0 saturated heterocycles. The average Bonchev–Trinajstić information content (AvgIpc) is 2.39. The molecule has 0 atom stereocenters. The second kappa shape index (κ2) is 5.62. The zero-order valence-corrected chi connectivity index (χ0v) is 10.8. The number of benzene rings is 2. The molecule has 2 rings (SSSR count). The number of nitro benzene ring substituents is 1. The highest BCUT2D eigenvalue weighted by Crippen LogP contribution is 2.32. The second-order valence-corrected chi connectivity index (χ2v) is 4.91. The van der Waals surface area contributed by atoms with E-state index in [1.165, 1.54) is 30.0 Å². The lowest BCUT2D eigenvalue weighted by Crippen LogP contribution is -1.95. The van der Waals surface area contributed by atoms with Crippen molar-refractivity contribution < 1.29 is 10.0 Å². The van der Waals surface area contributed by atoms with Crippen molar-refractivity contribution in [3.05, 3.63) is 58.1 Å². The summed E-state index contributed by atoms with van der Waals surface area (Å²) in [7, 11) is 0. The van der Waals surface area contributed by atoms with Crippen LogP contribution in [-0.2, 0) is 5.75 Å². The first-order valence-corrected chi connectivity index (χ1v) is 6.50. The quantitative estimate of drug-likeness (QED) is 0.387. The van der Waals surface area contributed by atoms with Gasteiger partial charge in [-0.1, -0.05) is 12.1 Å². The summed E-state index contributed by atoms with van der Waals surface area (Å²) in [4.78, 5) is 11.0. The zero-order chi connectivity index (χ0) is 13.8. The molecule has 2 aromatic rings. The highest BCUT2D eigenvalue weighted by Gasteiger charge is 2.10. The maximum Gasteiger partial charge on any atom is 0.269 e. The van der Waals surface area contributed by atoms with Crippen LogP contribution in [0.1, 0.15) is 5.56 Å². The maximum absolute atomic E-state index is 10.7. The van der Waals surface area contributed by atoms with Crippen molar-refractivity contribution in [3.63, 3.8) is 0 Å². The Kier molecular flexibility index (Phi) is 3.91. The third kappa shape index (κ3) is 3.17. The molecule has 0 spiro atoms. The zero-order valence-electron chi connectivity index (χ0n) is 9.95. The number of hydrogen-bond donors (Lipinski definition) is 2. The number of phenolic OH excluding ortho intramolecular Hbond substituents is 1. The molecule has 0 saturated carbocycles. The van der Waals surface area contributed by atoms with Gasteiger partial charge in [-0.15, -0.1) is 11.8 Å². The van der Waals surface area contributed by atoms with Gasteiger partial charge < -0.3 is 10.8 Å². The fourth-order valence-electron chi connectivity index (χ4n) is 1.57. The Labute approximate surface area is 114 Å².